The van der Waals surface area contributed by atoms with Crippen LogP contribution >= 0.6 is 0 Å². The van der Waals surface area contributed by atoms with Crippen molar-refractivity contribution < 1.29 is 26.1 Å². The highest BCUT2D eigenvalue weighted by molar-refractivity contribution is 7.89. The number of sulfonamides is 1. The van der Waals surface area contributed by atoms with Crippen LogP contribution in [0.5, 0.6) is 0 Å². The maximum atomic E-state index is 12.7. The molecule has 12 heteroatoms. The zero-order valence-electron chi connectivity index (χ0n) is 13.5. The monoisotopic (exact) mass is 379 g/mol. The average Bonchev–Trinajstić information content (AvgIpc) is 3.25. The second-order valence-electron chi connectivity index (χ2n) is 5.72. The van der Waals surface area contributed by atoms with Gasteiger partial charge in [0.2, 0.25) is 0 Å². The van der Waals surface area contributed by atoms with Gasteiger partial charge in [-0.2, -0.15) is 22.5 Å². The van der Waals surface area contributed by atoms with Gasteiger partial charge in [0.1, 0.15) is 5.82 Å². The summed E-state index contributed by atoms with van der Waals surface area (Å²) in [5.74, 6) is -1.55. The summed E-state index contributed by atoms with van der Waals surface area (Å²) in [4.78, 5) is 7.41. The Morgan fingerprint density at radius 3 is 2.64 bits per heavy atom. The van der Waals surface area contributed by atoms with Crippen molar-refractivity contribution in [3.8, 4) is 0 Å². The lowest BCUT2D eigenvalue weighted by Gasteiger charge is -2.13. The summed E-state index contributed by atoms with van der Waals surface area (Å²) in [5, 5.41) is 3.27. The first-order valence-electron chi connectivity index (χ1n) is 7.57. The van der Waals surface area contributed by atoms with E-state index in [4.69, 9.17) is 0 Å². The highest BCUT2D eigenvalue weighted by Crippen LogP contribution is 2.32. The van der Waals surface area contributed by atoms with E-state index < -0.39 is 28.0 Å². The van der Waals surface area contributed by atoms with Gasteiger partial charge in [-0.3, -0.25) is 0 Å². The van der Waals surface area contributed by atoms with Gasteiger partial charge in [-0.25, -0.2) is 13.4 Å². The molecule has 1 saturated heterocycles. The van der Waals surface area contributed by atoms with Gasteiger partial charge in [0, 0.05) is 31.7 Å². The summed E-state index contributed by atoms with van der Waals surface area (Å²) < 4.78 is 70.0. The van der Waals surface area contributed by atoms with Gasteiger partial charge >= 0.3 is 12.1 Å². The summed E-state index contributed by atoms with van der Waals surface area (Å²) in [5.41, 5.74) is 0. The molecule has 1 fully saturated rings. The van der Waals surface area contributed by atoms with Crippen LogP contribution in [0.15, 0.2) is 15.7 Å². The Labute approximate surface area is 141 Å². The summed E-state index contributed by atoms with van der Waals surface area (Å²) in [7, 11) is -3.82. The molecule has 0 unspecified atom stereocenters. The van der Waals surface area contributed by atoms with Crippen LogP contribution in [0.4, 0.5) is 13.2 Å². The molecule has 138 valence electrons. The molecule has 8 nitrogen and oxygen atoms in total. The van der Waals surface area contributed by atoms with Crippen molar-refractivity contribution in [2.75, 3.05) is 13.1 Å². The minimum Gasteiger partial charge on any atom is -0.334 e. The fourth-order valence-electron chi connectivity index (χ4n) is 2.73. The molecule has 0 N–H and O–H groups in total. The topological polar surface area (TPSA) is 94.1 Å². The Balaban J connectivity index is 1.78. The van der Waals surface area contributed by atoms with E-state index in [9.17, 15) is 21.6 Å². The summed E-state index contributed by atoms with van der Waals surface area (Å²) in [6.45, 7) is 4.29. The largest absolute Gasteiger partial charge is 0.471 e. The number of aromatic nitrogens is 4. The first-order valence-corrected chi connectivity index (χ1v) is 9.01. The molecule has 3 rings (SSSR count). The minimum absolute atomic E-state index is 0.0167. The third kappa shape index (κ3) is 3.27. The summed E-state index contributed by atoms with van der Waals surface area (Å²) in [6.07, 6.45) is -2.96. The Morgan fingerprint density at radius 2 is 2.08 bits per heavy atom. The van der Waals surface area contributed by atoms with E-state index in [2.05, 4.69) is 19.6 Å². The van der Waals surface area contributed by atoms with Crippen molar-refractivity contribution in [3.05, 3.63) is 23.7 Å². The summed E-state index contributed by atoms with van der Waals surface area (Å²) >= 11 is 0. The van der Waals surface area contributed by atoms with Crippen LogP contribution in [0.1, 0.15) is 36.8 Å². The maximum Gasteiger partial charge on any atom is 0.471 e. The lowest BCUT2D eigenvalue weighted by atomic mass is 10.1. The predicted octanol–water partition coefficient (Wildman–Crippen LogP) is 1.79. The molecule has 1 aliphatic rings. The fraction of sp³-hybridized carbons (Fsp3) is 0.615. The van der Waals surface area contributed by atoms with Gasteiger partial charge in [0.15, 0.2) is 10.9 Å². The normalized spacial score (nSPS) is 19.6. The number of hydrogen-bond acceptors (Lipinski definition) is 6. The van der Waals surface area contributed by atoms with Crippen molar-refractivity contribution in [1.82, 2.24) is 24.0 Å². The van der Waals surface area contributed by atoms with Crippen molar-refractivity contribution in [2.45, 2.75) is 43.9 Å². The number of aryl methyl sites for hydroxylation is 2. The molecule has 0 radical (unpaired) electrons. The number of rotatable bonds is 4. The lowest BCUT2D eigenvalue weighted by molar-refractivity contribution is -0.159. The SMILES string of the molecule is CCn1cc(S(=O)(=O)N2CC[C@H](c3noc(C(F)(F)F)n3)C2)nc1C. The lowest BCUT2D eigenvalue weighted by Crippen LogP contribution is -2.29. The average molecular weight is 379 g/mol. The molecule has 3 heterocycles. The Bertz CT molecular complexity index is 874. The second kappa shape index (κ2) is 6.09. The van der Waals surface area contributed by atoms with Crippen molar-refractivity contribution in [1.29, 1.82) is 0 Å². The van der Waals surface area contributed by atoms with Crippen LogP contribution in [-0.4, -0.2) is 45.5 Å². The Kier molecular flexibility index (Phi) is 4.35. The number of hydrogen-bond donors (Lipinski definition) is 0. The predicted molar refractivity (Wildman–Crippen MR) is 78.1 cm³/mol. The van der Waals surface area contributed by atoms with E-state index >= 15 is 0 Å². The van der Waals surface area contributed by atoms with Crippen LogP contribution in [0.25, 0.3) is 0 Å². The van der Waals surface area contributed by atoms with Crippen LogP contribution < -0.4 is 0 Å². The van der Waals surface area contributed by atoms with Crippen LogP contribution in [-0.2, 0) is 22.7 Å². The zero-order valence-corrected chi connectivity index (χ0v) is 14.3. The molecule has 0 aliphatic carbocycles. The Morgan fingerprint density at radius 1 is 1.36 bits per heavy atom. The standard InChI is InChI=1S/C13H16F3N5O3S/c1-3-20-7-10(17-8(20)2)25(22,23)21-5-4-9(6-21)11-18-12(24-19-11)13(14,15)16/h7,9H,3-6H2,1-2H3/t9-/m0/s1. The second-order valence-corrected chi connectivity index (χ2v) is 7.60. The van der Waals surface area contributed by atoms with Crippen molar-refractivity contribution in [2.24, 2.45) is 0 Å². The van der Waals surface area contributed by atoms with Gasteiger partial charge in [-0.15, -0.1) is 0 Å². The Hall–Kier alpha value is -1.95. The fourth-order valence-corrected chi connectivity index (χ4v) is 4.22. The molecule has 1 aliphatic heterocycles. The van der Waals surface area contributed by atoms with E-state index in [0.717, 1.165) is 0 Å². The van der Waals surface area contributed by atoms with Gasteiger partial charge in [-0.1, -0.05) is 5.16 Å². The molecule has 2 aromatic rings. The highest BCUT2D eigenvalue weighted by Gasteiger charge is 2.41. The maximum absolute atomic E-state index is 12.7. The molecule has 1 atom stereocenters. The van der Waals surface area contributed by atoms with E-state index in [1.165, 1.54) is 10.5 Å². The number of imidazole rings is 1. The molecule has 0 aromatic carbocycles. The first kappa shape index (κ1) is 17.9. The molecule has 0 bridgehead atoms. The van der Waals surface area contributed by atoms with E-state index in [1.807, 2.05) is 6.92 Å². The smallest absolute Gasteiger partial charge is 0.334 e. The van der Waals surface area contributed by atoms with Gasteiger partial charge in [0.05, 0.1) is 0 Å². The van der Waals surface area contributed by atoms with Crippen molar-refractivity contribution >= 4 is 10.0 Å². The third-order valence-corrected chi connectivity index (χ3v) is 5.84. The minimum atomic E-state index is -4.72. The highest BCUT2D eigenvalue weighted by atomic mass is 32.2. The van der Waals surface area contributed by atoms with Gasteiger partial charge < -0.3 is 9.09 Å². The number of nitrogens with zero attached hydrogens (tertiary/aromatic N) is 5. The van der Waals surface area contributed by atoms with Crippen LogP contribution in [0.2, 0.25) is 0 Å². The van der Waals surface area contributed by atoms with Crippen LogP contribution in [0, 0.1) is 6.92 Å². The first-order chi connectivity index (χ1) is 11.6. The molecule has 0 spiro atoms. The molecule has 25 heavy (non-hydrogen) atoms. The van der Waals surface area contributed by atoms with Crippen LogP contribution in [0.3, 0.4) is 0 Å². The zero-order chi connectivity index (χ0) is 18.4. The van der Waals surface area contributed by atoms with E-state index in [0.29, 0.717) is 18.8 Å². The molecule has 0 amide bonds. The molecule has 0 saturated carbocycles. The van der Waals surface area contributed by atoms with E-state index in [-0.39, 0.29) is 23.9 Å². The van der Waals surface area contributed by atoms with Gasteiger partial charge in [0.25, 0.3) is 10.0 Å². The number of halogens is 3. The molecular weight excluding hydrogens is 363 g/mol. The van der Waals surface area contributed by atoms with E-state index in [1.54, 1.807) is 11.5 Å². The van der Waals surface area contributed by atoms with Gasteiger partial charge in [-0.05, 0) is 20.3 Å². The molecular formula is C13H16F3N5O3S. The molecule has 2 aromatic heterocycles. The van der Waals surface area contributed by atoms with Crippen molar-refractivity contribution in [3.63, 3.8) is 0 Å². The third-order valence-electron chi connectivity index (χ3n) is 4.10. The summed E-state index contributed by atoms with van der Waals surface area (Å²) in [6, 6.07) is 0. The number of alkyl halides is 3. The quantitative estimate of drug-likeness (QED) is 0.804.